The monoisotopic (exact) mass is 208 g/mol. The molecule has 5 heteroatoms. The van der Waals surface area contributed by atoms with Crippen molar-refractivity contribution < 1.29 is 4.79 Å². The van der Waals surface area contributed by atoms with Gasteiger partial charge in [0.2, 0.25) is 5.91 Å². The van der Waals surface area contributed by atoms with Crippen LogP contribution in [-0.2, 0) is 4.79 Å². The van der Waals surface area contributed by atoms with Gasteiger partial charge in [0.15, 0.2) is 0 Å². The fraction of sp³-hybridized carbons (Fsp3) is 0.400. The first-order chi connectivity index (χ1) is 7.00. The molecule has 5 nitrogen and oxygen atoms in total. The van der Waals surface area contributed by atoms with E-state index in [0.29, 0.717) is 11.5 Å². The molecule has 0 saturated carbocycles. The van der Waals surface area contributed by atoms with Crippen LogP contribution in [0.5, 0.6) is 0 Å². The van der Waals surface area contributed by atoms with E-state index in [2.05, 4.69) is 10.3 Å². The number of amides is 1. The van der Waals surface area contributed by atoms with Gasteiger partial charge in [0.1, 0.15) is 5.82 Å². The summed E-state index contributed by atoms with van der Waals surface area (Å²) in [5.41, 5.74) is 7.11. The number of anilines is 2. The van der Waals surface area contributed by atoms with Crippen molar-refractivity contribution in [2.75, 3.05) is 31.7 Å². The van der Waals surface area contributed by atoms with E-state index in [0.717, 1.165) is 5.69 Å². The highest BCUT2D eigenvalue weighted by atomic mass is 16.2. The molecule has 0 bridgehead atoms. The number of pyridine rings is 1. The third-order valence-corrected chi connectivity index (χ3v) is 1.97. The van der Waals surface area contributed by atoms with Crippen LogP contribution in [0.4, 0.5) is 11.5 Å². The van der Waals surface area contributed by atoms with E-state index < -0.39 is 0 Å². The average Bonchev–Trinajstić information content (AvgIpc) is 2.18. The number of carbonyl (C=O) groups excluding carboxylic acids is 1. The van der Waals surface area contributed by atoms with Crippen LogP contribution >= 0.6 is 0 Å². The van der Waals surface area contributed by atoms with Crippen LogP contribution in [0.15, 0.2) is 12.1 Å². The fourth-order valence-corrected chi connectivity index (χ4v) is 1.03. The van der Waals surface area contributed by atoms with E-state index in [1.54, 1.807) is 20.2 Å². The van der Waals surface area contributed by atoms with Gasteiger partial charge in [0, 0.05) is 19.8 Å². The quantitative estimate of drug-likeness (QED) is 0.757. The van der Waals surface area contributed by atoms with E-state index in [9.17, 15) is 4.79 Å². The molecular formula is C10H16N4O. The molecule has 0 aliphatic rings. The number of carbonyl (C=O) groups is 1. The van der Waals surface area contributed by atoms with Crippen LogP contribution in [-0.4, -0.2) is 36.4 Å². The van der Waals surface area contributed by atoms with Gasteiger partial charge in [-0.15, -0.1) is 0 Å². The van der Waals surface area contributed by atoms with Gasteiger partial charge in [-0.25, -0.2) is 4.98 Å². The predicted octanol–water partition coefficient (Wildman–Crippen LogP) is 0.472. The van der Waals surface area contributed by atoms with Gasteiger partial charge in [-0.05, 0) is 19.1 Å². The largest absolute Gasteiger partial charge is 0.396 e. The Morgan fingerprint density at radius 3 is 2.80 bits per heavy atom. The maximum atomic E-state index is 11.3. The zero-order valence-electron chi connectivity index (χ0n) is 9.24. The molecule has 0 radical (unpaired) electrons. The van der Waals surface area contributed by atoms with Gasteiger partial charge in [-0.1, -0.05) is 0 Å². The molecule has 0 aliphatic carbocycles. The number of hydrogen-bond donors (Lipinski definition) is 2. The highest BCUT2D eigenvalue weighted by Crippen LogP contribution is 2.14. The lowest BCUT2D eigenvalue weighted by molar-refractivity contribution is -0.126. The molecule has 1 amide bonds. The average molecular weight is 208 g/mol. The van der Waals surface area contributed by atoms with Crippen LogP contribution in [0.1, 0.15) is 5.69 Å². The molecule has 82 valence electrons. The summed E-state index contributed by atoms with van der Waals surface area (Å²) in [5, 5.41) is 2.91. The topological polar surface area (TPSA) is 71.2 Å². The van der Waals surface area contributed by atoms with E-state index in [-0.39, 0.29) is 12.5 Å². The Labute approximate surface area is 89.3 Å². The maximum Gasteiger partial charge on any atom is 0.241 e. The molecule has 1 heterocycles. The lowest BCUT2D eigenvalue weighted by Gasteiger charge is -2.12. The molecule has 1 rings (SSSR count). The maximum absolute atomic E-state index is 11.3. The number of likely N-dealkylation sites (N-methyl/N-ethyl adjacent to an activating group) is 1. The third-order valence-electron chi connectivity index (χ3n) is 1.97. The minimum Gasteiger partial charge on any atom is -0.396 e. The van der Waals surface area contributed by atoms with E-state index in [1.807, 2.05) is 13.0 Å². The van der Waals surface area contributed by atoms with Crippen molar-refractivity contribution >= 4 is 17.4 Å². The molecule has 1 aromatic rings. The number of aromatic nitrogens is 1. The summed E-state index contributed by atoms with van der Waals surface area (Å²) >= 11 is 0. The van der Waals surface area contributed by atoms with Crippen molar-refractivity contribution in [2.24, 2.45) is 0 Å². The fourth-order valence-electron chi connectivity index (χ4n) is 1.03. The SMILES string of the molecule is Cc1ccc(N)c(NCC(=O)N(C)C)n1. The highest BCUT2D eigenvalue weighted by molar-refractivity contribution is 5.81. The lowest BCUT2D eigenvalue weighted by atomic mass is 10.3. The van der Waals surface area contributed by atoms with E-state index in [1.165, 1.54) is 4.90 Å². The first-order valence-electron chi connectivity index (χ1n) is 4.68. The van der Waals surface area contributed by atoms with Crippen molar-refractivity contribution in [2.45, 2.75) is 6.92 Å². The summed E-state index contributed by atoms with van der Waals surface area (Å²) in [4.78, 5) is 17.0. The Morgan fingerprint density at radius 1 is 1.53 bits per heavy atom. The van der Waals surface area contributed by atoms with Crippen LogP contribution < -0.4 is 11.1 Å². The summed E-state index contributed by atoms with van der Waals surface area (Å²) in [6, 6.07) is 3.60. The standard InChI is InChI=1S/C10H16N4O/c1-7-4-5-8(11)10(13-7)12-6-9(15)14(2)3/h4-5H,6,11H2,1-3H3,(H,12,13). The molecule has 0 spiro atoms. The first-order valence-corrected chi connectivity index (χ1v) is 4.68. The molecule has 0 saturated heterocycles. The molecule has 0 atom stereocenters. The summed E-state index contributed by atoms with van der Waals surface area (Å²) in [6.07, 6.45) is 0. The Hall–Kier alpha value is -1.78. The number of rotatable bonds is 3. The van der Waals surface area contributed by atoms with Crippen LogP contribution in [0.2, 0.25) is 0 Å². The lowest BCUT2D eigenvalue weighted by Crippen LogP contribution is -2.29. The zero-order valence-corrected chi connectivity index (χ0v) is 9.24. The minimum absolute atomic E-state index is 0.0160. The van der Waals surface area contributed by atoms with Crippen LogP contribution in [0.3, 0.4) is 0 Å². The van der Waals surface area contributed by atoms with Crippen LogP contribution in [0.25, 0.3) is 0 Å². The number of nitrogen functional groups attached to an aromatic ring is 1. The molecule has 1 aromatic heterocycles. The molecule has 15 heavy (non-hydrogen) atoms. The number of aryl methyl sites for hydroxylation is 1. The molecular weight excluding hydrogens is 192 g/mol. The summed E-state index contributed by atoms with van der Waals surface area (Å²) < 4.78 is 0. The van der Waals surface area contributed by atoms with Gasteiger partial charge in [0.25, 0.3) is 0 Å². The summed E-state index contributed by atoms with van der Waals surface area (Å²) in [7, 11) is 3.41. The Bertz CT molecular complexity index is 362. The first kappa shape index (κ1) is 11.3. The van der Waals surface area contributed by atoms with Gasteiger partial charge >= 0.3 is 0 Å². The van der Waals surface area contributed by atoms with Crippen LogP contribution in [0, 0.1) is 6.92 Å². The van der Waals surface area contributed by atoms with Crippen molar-refractivity contribution in [3.8, 4) is 0 Å². The second kappa shape index (κ2) is 4.63. The molecule has 0 fully saturated rings. The van der Waals surface area contributed by atoms with Crippen molar-refractivity contribution in [3.05, 3.63) is 17.8 Å². The second-order valence-corrected chi connectivity index (χ2v) is 3.53. The van der Waals surface area contributed by atoms with Gasteiger partial charge < -0.3 is 16.0 Å². The van der Waals surface area contributed by atoms with Gasteiger partial charge in [-0.3, -0.25) is 4.79 Å². The van der Waals surface area contributed by atoms with E-state index >= 15 is 0 Å². The number of nitrogens with one attached hydrogen (secondary N) is 1. The van der Waals surface area contributed by atoms with Gasteiger partial charge in [-0.2, -0.15) is 0 Å². The number of hydrogen-bond acceptors (Lipinski definition) is 4. The molecule has 3 N–H and O–H groups in total. The second-order valence-electron chi connectivity index (χ2n) is 3.53. The molecule has 0 aromatic carbocycles. The zero-order chi connectivity index (χ0) is 11.4. The summed E-state index contributed by atoms with van der Waals surface area (Å²) in [6.45, 7) is 2.08. The van der Waals surface area contributed by atoms with Crippen molar-refractivity contribution in [3.63, 3.8) is 0 Å². The van der Waals surface area contributed by atoms with Crippen molar-refractivity contribution in [1.29, 1.82) is 0 Å². The molecule has 0 aliphatic heterocycles. The van der Waals surface area contributed by atoms with Gasteiger partial charge in [0.05, 0.1) is 12.2 Å². The predicted molar refractivity (Wildman–Crippen MR) is 60.6 cm³/mol. The van der Waals surface area contributed by atoms with E-state index in [4.69, 9.17) is 5.73 Å². The number of nitrogens with zero attached hydrogens (tertiary/aromatic N) is 2. The minimum atomic E-state index is -0.0160. The third kappa shape index (κ3) is 3.12. The summed E-state index contributed by atoms with van der Waals surface area (Å²) in [5.74, 6) is 0.544. The highest BCUT2D eigenvalue weighted by Gasteiger charge is 2.05. The van der Waals surface area contributed by atoms with Crippen molar-refractivity contribution in [1.82, 2.24) is 9.88 Å². The Kier molecular flexibility index (Phi) is 3.49. The molecule has 0 unspecified atom stereocenters. The Balaban J connectivity index is 2.65. The number of nitrogens with two attached hydrogens (primary N) is 1. The Morgan fingerprint density at radius 2 is 2.20 bits per heavy atom. The normalized spacial score (nSPS) is 9.80. The smallest absolute Gasteiger partial charge is 0.241 e.